The highest BCUT2D eigenvalue weighted by Gasteiger charge is 2.10. The van der Waals surface area contributed by atoms with Gasteiger partial charge in [-0.25, -0.2) is 9.59 Å². The van der Waals surface area contributed by atoms with Crippen LogP contribution in [0, 0.1) is 0 Å². The number of rotatable bonds is 2. The molecule has 0 atom stereocenters. The Balaban J connectivity index is 2.90. The molecule has 4 nitrogen and oxygen atoms in total. The standard InChI is InChI=1S/C8H6O4S2/c9-7(10)13-5-3-1-2-4-6(5)14-8(11)12/h1-4H,(H,9,10)(H,11,12). The van der Waals surface area contributed by atoms with Crippen molar-refractivity contribution < 1.29 is 19.8 Å². The molecule has 0 unspecified atom stereocenters. The highest BCUT2D eigenvalue weighted by Crippen LogP contribution is 2.31. The Morgan fingerprint density at radius 1 is 0.929 bits per heavy atom. The monoisotopic (exact) mass is 230 g/mol. The number of carbonyl (C=O) groups is 2. The summed E-state index contributed by atoms with van der Waals surface area (Å²) < 4.78 is 0. The second-order valence-electron chi connectivity index (χ2n) is 2.18. The predicted molar refractivity (Wildman–Crippen MR) is 54.2 cm³/mol. The normalized spacial score (nSPS) is 9.71. The average Bonchev–Trinajstić information content (AvgIpc) is 2.06. The summed E-state index contributed by atoms with van der Waals surface area (Å²) in [5.74, 6) is 0. The minimum absolute atomic E-state index is 0.437. The van der Waals surface area contributed by atoms with Gasteiger partial charge in [-0.15, -0.1) is 0 Å². The topological polar surface area (TPSA) is 74.6 Å². The van der Waals surface area contributed by atoms with E-state index in [9.17, 15) is 9.59 Å². The van der Waals surface area contributed by atoms with Gasteiger partial charge >= 0.3 is 10.6 Å². The van der Waals surface area contributed by atoms with Crippen molar-refractivity contribution in [2.75, 3.05) is 0 Å². The van der Waals surface area contributed by atoms with Crippen LogP contribution in [0.25, 0.3) is 0 Å². The molecule has 0 radical (unpaired) electrons. The Morgan fingerprint density at radius 3 is 1.57 bits per heavy atom. The van der Waals surface area contributed by atoms with Crippen molar-refractivity contribution in [2.45, 2.75) is 9.79 Å². The molecular formula is C8H6O4S2. The maximum absolute atomic E-state index is 10.4. The first-order chi connectivity index (χ1) is 6.59. The van der Waals surface area contributed by atoms with Crippen molar-refractivity contribution in [3.63, 3.8) is 0 Å². The second kappa shape index (κ2) is 4.92. The van der Waals surface area contributed by atoms with Crippen molar-refractivity contribution in [2.24, 2.45) is 0 Å². The van der Waals surface area contributed by atoms with Gasteiger partial charge in [-0.2, -0.15) is 0 Å². The van der Waals surface area contributed by atoms with E-state index in [0.29, 0.717) is 33.3 Å². The second-order valence-corrected chi connectivity index (χ2v) is 4.17. The van der Waals surface area contributed by atoms with Crippen molar-refractivity contribution >= 4 is 34.1 Å². The zero-order valence-corrected chi connectivity index (χ0v) is 8.47. The molecule has 0 aliphatic rings. The summed E-state index contributed by atoms with van der Waals surface area (Å²) in [6.45, 7) is 0. The smallest absolute Gasteiger partial charge is 0.369 e. The van der Waals surface area contributed by atoms with Gasteiger partial charge in [-0.3, -0.25) is 0 Å². The number of thioether (sulfide) groups is 2. The van der Waals surface area contributed by atoms with Gasteiger partial charge in [0.05, 0.1) is 0 Å². The van der Waals surface area contributed by atoms with Gasteiger partial charge in [0, 0.05) is 9.79 Å². The molecule has 2 N–H and O–H groups in total. The van der Waals surface area contributed by atoms with Crippen LogP contribution < -0.4 is 0 Å². The van der Waals surface area contributed by atoms with Crippen LogP contribution in [0.1, 0.15) is 0 Å². The maximum Gasteiger partial charge on any atom is 0.369 e. The van der Waals surface area contributed by atoms with Crippen LogP contribution in [0.5, 0.6) is 0 Å². The summed E-state index contributed by atoms with van der Waals surface area (Å²) in [6.07, 6.45) is 0. The van der Waals surface area contributed by atoms with Gasteiger partial charge < -0.3 is 10.2 Å². The summed E-state index contributed by atoms with van der Waals surface area (Å²) in [5, 5.41) is 15.0. The van der Waals surface area contributed by atoms with E-state index >= 15 is 0 Å². The molecule has 0 fully saturated rings. The summed E-state index contributed by atoms with van der Waals surface area (Å²) in [4.78, 5) is 21.7. The summed E-state index contributed by atoms with van der Waals surface area (Å²) >= 11 is 1.20. The molecule has 74 valence electrons. The molecule has 6 heteroatoms. The number of hydrogen-bond acceptors (Lipinski definition) is 4. The molecule has 1 rings (SSSR count). The lowest BCUT2D eigenvalue weighted by molar-refractivity contribution is 0.221. The van der Waals surface area contributed by atoms with E-state index in [1.54, 1.807) is 24.3 Å². The van der Waals surface area contributed by atoms with Gasteiger partial charge in [-0.05, 0) is 35.7 Å². The molecule has 14 heavy (non-hydrogen) atoms. The van der Waals surface area contributed by atoms with E-state index in [-0.39, 0.29) is 0 Å². The third-order valence-corrected chi connectivity index (χ3v) is 2.87. The largest absolute Gasteiger partial charge is 0.473 e. The number of hydrogen-bond donors (Lipinski definition) is 2. The lowest BCUT2D eigenvalue weighted by atomic mass is 10.4. The van der Waals surface area contributed by atoms with Crippen molar-refractivity contribution in [1.82, 2.24) is 0 Å². The number of carboxylic acid groups (broad SMARTS) is 2. The quantitative estimate of drug-likeness (QED) is 0.760. The molecule has 0 heterocycles. The first-order valence-corrected chi connectivity index (χ1v) is 5.13. The molecule has 0 bridgehead atoms. The fourth-order valence-corrected chi connectivity index (χ4v) is 2.06. The highest BCUT2D eigenvalue weighted by atomic mass is 32.2. The molecule has 0 spiro atoms. The molecule has 0 aromatic heterocycles. The van der Waals surface area contributed by atoms with Crippen LogP contribution in [-0.2, 0) is 0 Å². The Kier molecular flexibility index (Phi) is 3.84. The molecule has 1 aromatic rings. The summed E-state index contributed by atoms with van der Waals surface area (Å²) in [5.41, 5.74) is 0. The van der Waals surface area contributed by atoms with Gasteiger partial charge in [0.1, 0.15) is 0 Å². The van der Waals surface area contributed by atoms with Crippen LogP contribution in [-0.4, -0.2) is 20.8 Å². The fraction of sp³-hybridized carbons (Fsp3) is 0. The Bertz CT molecular complexity index is 329. The third-order valence-electron chi connectivity index (χ3n) is 1.24. The molecule has 0 saturated heterocycles. The van der Waals surface area contributed by atoms with E-state index in [1.165, 1.54) is 0 Å². The first-order valence-electron chi connectivity index (χ1n) is 3.50. The molecule has 0 aliphatic carbocycles. The number of benzene rings is 1. The summed E-state index contributed by atoms with van der Waals surface area (Å²) in [7, 11) is 0. The van der Waals surface area contributed by atoms with Gasteiger partial charge in [0.25, 0.3) is 0 Å². The van der Waals surface area contributed by atoms with Crippen molar-refractivity contribution in [3.8, 4) is 0 Å². The molecule has 1 aromatic carbocycles. The van der Waals surface area contributed by atoms with E-state index in [0.717, 1.165) is 0 Å². The molecule has 0 saturated carbocycles. The minimum atomic E-state index is -1.05. The van der Waals surface area contributed by atoms with E-state index in [1.807, 2.05) is 0 Å². The SMILES string of the molecule is O=C(O)Sc1ccccc1SC(=O)O. The lowest BCUT2D eigenvalue weighted by Gasteiger charge is -2.02. The van der Waals surface area contributed by atoms with Crippen molar-refractivity contribution in [3.05, 3.63) is 24.3 Å². The van der Waals surface area contributed by atoms with E-state index in [2.05, 4.69) is 0 Å². The van der Waals surface area contributed by atoms with Crippen LogP contribution in [0.3, 0.4) is 0 Å². The fourth-order valence-electron chi connectivity index (χ4n) is 0.807. The Labute approximate surface area is 88.3 Å². The minimum Gasteiger partial charge on any atom is -0.473 e. The van der Waals surface area contributed by atoms with E-state index in [4.69, 9.17) is 10.2 Å². The van der Waals surface area contributed by atoms with Crippen molar-refractivity contribution in [1.29, 1.82) is 0 Å². The lowest BCUT2D eigenvalue weighted by Crippen LogP contribution is -1.88. The van der Waals surface area contributed by atoms with Crippen LogP contribution in [0.4, 0.5) is 9.59 Å². The zero-order valence-electron chi connectivity index (χ0n) is 6.84. The van der Waals surface area contributed by atoms with Crippen LogP contribution in [0.15, 0.2) is 34.1 Å². The molecule has 0 amide bonds. The highest BCUT2D eigenvalue weighted by molar-refractivity contribution is 8.15. The van der Waals surface area contributed by atoms with Gasteiger partial charge in [0.2, 0.25) is 0 Å². The van der Waals surface area contributed by atoms with Gasteiger partial charge in [-0.1, -0.05) is 12.1 Å². The Morgan fingerprint density at radius 2 is 1.29 bits per heavy atom. The summed E-state index contributed by atoms with van der Waals surface area (Å²) in [6, 6.07) is 6.47. The average molecular weight is 230 g/mol. The molecule has 0 aliphatic heterocycles. The maximum atomic E-state index is 10.4. The zero-order chi connectivity index (χ0) is 10.6. The third kappa shape index (κ3) is 3.31. The van der Waals surface area contributed by atoms with Crippen LogP contribution >= 0.6 is 23.5 Å². The van der Waals surface area contributed by atoms with Gasteiger partial charge in [0.15, 0.2) is 0 Å². The Hall–Kier alpha value is -1.14. The van der Waals surface area contributed by atoms with Crippen LogP contribution in [0.2, 0.25) is 0 Å². The van der Waals surface area contributed by atoms with E-state index < -0.39 is 10.6 Å². The first kappa shape index (κ1) is 10.9. The molecular weight excluding hydrogens is 224 g/mol. The predicted octanol–water partition coefficient (Wildman–Crippen LogP) is 3.23.